The van der Waals surface area contributed by atoms with E-state index in [4.69, 9.17) is 11.0 Å². The molecule has 0 aliphatic heterocycles. The van der Waals surface area contributed by atoms with Crippen molar-refractivity contribution in [2.45, 2.75) is 13.8 Å². The molecule has 134 valence electrons. The van der Waals surface area contributed by atoms with Crippen LogP contribution in [0.3, 0.4) is 0 Å². The minimum atomic E-state index is -0.108. The van der Waals surface area contributed by atoms with Gasteiger partial charge in [-0.3, -0.25) is 9.97 Å². The fourth-order valence-corrected chi connectivity index (χ4v) is 2.21. The summed E-state index contributed by atoms with van der Waals surface area (Å²) in [6.07, 6.45) is 3.20. The summed E-state index contributed by atoms with van der Waals surface area (Å²) in [6.45, 7) is 3.45. The molecule has 0 aliphatic rings. The largest absolute Gasteiger partial charge is 3.00 e. The number of nitrogens with zero attached hydrogens (tertiary/aromatic N) is 2. The van der Waals surface area contributed by atoms with Gasteiger partial charge in [0, 0.05) is 24.7 Å². The first-order valence-electron chi connectivity index (χ1n) is 12.0. The quantitative estimate of drug-likeness (QED) is 0.308. The van der Waals surface area contributed by atoms with E-state index in [2.05, 4.69) is 9.97 Å². The Morgan fingerprint density at radius 1 is 0.667 bits per heavy atom. The number of aryl methyl sites for hydroxylation is 2. The van der Waals surface area contributed by atoms with Crippen molar-refractivity contribution in [3.63, 3.8) is 0 Å². The summed E-state index contributed by atoms with van der Waals surface area (Å²) in [5.74, 6) is 0. The normalized spacial score (nSPS) is 13.7. The molecule has 3 heteroatoms. The Morgan fingerprint density at radius 3 is 1.52 bits per heavy atom. The van der Waals surface area contributed by atoms with Crippen LogP contribution in [0.25, 0.3) is 22.3 Å². The number of hydrogen-bond acceptors (Lipinski definition) is 2. The van der Waals surface area contributed by atoms with Gasteiger partial charge in [-0.2, -0.15) is 0 Å². The van der Waals surface area contributed by atoms with E-state index in [1.807, 2.05) is 0 Å². The molecule has 0 atom stereocenters. The van der Waals surface area contributed by atoms with E-state index in [0.29, 0.717) is 33.4 Å². The number of rotatable bonds is 2. The fraction of sp³-hybridized carbons (Fsp3) is 0.0833. The topological polar surface area (TPSA) is 25.8 Å². The van der Waals surface area contributed by atoms with Gasteiger partial charge in [-0.05, 0) is 48.2 Å². The molecule has 0 fully saturated rings. The molecule has 2 aromatic carbocycles. The molecule has 0 bridgehead atoms. The van der Waals surface area contributed by atoms with Crippen molar-refractivity contribution in [1.29, 1.82) is 0 Å². The number of benzene rings is 2. The number of pyridine rings is 2. The van der Waals surface area contributed by atoms with E-state index in [1.165, 1.54) is 12.4 Å². The van der Waals surface area contributed by atoms with E-state index in [0.717, 1.165) is 0 Å². The third-order valence-electron chi connectivity index (χ3n) is 3.43. The van der Waals surface area contributed by atoms with Gasteiger partial charge >= 0.3 is 20.1 Å². The van der Waals surface area contributed by atoms with Crippen LogP contribution in [0.5, 0.6) is 0 Å². The van der Waals surface area contributed by atoms with Crippen molar-refractivity contribution in [1.82, 2.24) is 9.97 Å². The van der Waals surface area contributed by atoms with Crippen LogP contribution in [0.1, 0.15) is 22.1 Å². The first-order valence-corrected chi connectivity index (χ1v) is 8.03. The van der Waals surface area contributed by atoms with E-state index < -0.39 is 0 Å². The van der Waals surface area contributed by atoms with Gasteiger partial charge in [-0.1, -0.05) is 71.6 Å². The van der Waals surface area contributed by atoms with Crippen LogP contribution in [0.2, 0.25) is 0 Å². The third kappa shape index (κ3) is 6.25. The molecule has 2 nitrogen and oxygen atoms in total. The van der Waals surface area contributed by atoms with Crippen LogP contribution in [-0.4, -0.2) is 9.97 Å². The maximum atomic E-state index is 7.85. The Balaban J connectivity index is 0.000000240. The van der Waals surface area contributed by atoms with Gasteiger partial charge in [0.2, 0.25) is 0 Å². The fourth-order valence-electron chi connectivity index (χ4n) is 2.21. The molecule has 0 radical (unpaired) electrons. The summed E-state index contributed by atoms with van der Waals surface area (Å²) in [5.41, 5.74) is 3.28. The zero-order chi connectivity index (χ0) is 25.2. The Hall–Kier alpha value is -2.61. The van der Waals surface area contributed by atoms with Crippen molar-refractivity contribution < 1.29 is 31.1 Å². The maximum Gasteiger partial charge on any atom is 3.00 e. The second-order valence-electron chi connectivity index (χ2n) is 5.56. The summed E-state index contributed by atoms with van der Waals surface area (Å²) in [6, 6.07) is 9.98. The van der Waals surface area contributed by atoms with Gasteiger partial charge < -0.3 is 0 Å². The second-order valence-corrected chi connectivity index (χ2v) is 5.56. The van der Waals surface area contributed by atoms with Gasteiger partial charge in [-0.15, -0.1) is 0 Å². The summed E-state index contributed by atoms with van der Waals surface area (Å²) in [4.78, 5) is 7.71. The average molecular weight is 539 g/mol. The molecule has 0 saturated carbocycles. The van der Waals surface area contributed by atoms with Crippen LogP contribution in [0.15, 0.2) is 97.4 Å². The van der Waals surface area contributed by atoms with E-state index in [1.54, 1.807) is 50.2 Å². The van der Waals surface area contributed by atoms with Crippen LogP contribution in [0, 0.1) is 13.8 Å². The molecule has 0 N–H and O–H groups in total. The molecule has 2 heterocycles. The Labute approximate surface area is 185 Å². The molecule has 2 aromatic heterocycles. The molecule has 4 aromatic rings. The van der Waals surface area contributed by atoms with Crippen molar-refractivity contribution in [3.05, 3.63) is 109 Å². The van der Waals surface area contributed by atoms with Crippen molar-refractivity contribution >= 4 is 0 Å². The molecular formula is C24H22IrN2+3. The second kappa shape index (κ2) is 10.5. The Bertz CT molecular complexity index is 1270. The van der Waals surface area contributed by atoms with Gasteiger partial charge in [0.15, 0.2) is 0 Å². The molecule has 4 rings (SSSR count). The minimum Gasteiger partial charge on any atom is -0.264 e. The monoisotopic (exact) mass is 539 g/mol. The van der Waals surface area contributed by atoms with Gasteiger partial charge in [0.25, 0.3) is 0 Å². The predicted octanol–water partition coefficient (Wildman–Crippen LogP) is 6.11. The van der Waals surface area contributed by atoms with Crippen molar-refractivity contribution in [3.8, 4) is 22.3 Å². The Morgan fingerprint density at radius 2 is 1.11 bits per heavy atom. The molecule has 27 heavy (non-hydrogen) atoms. The van der Waals surface area contributed by atoms with E-state index >= 15 is 0 Å². The zero-order valence-electron chi connectivity index (χ0n) is 22.8. The summed E-state index contributed by atoms with van der Waals surface area (Å²) < 4.78 is 61.7. The zero-order valence-corrected chi connectivity index (χ0v) is 17.2. The molecule has 0 spiro atoms. The van der Waals surface area contributed by atoms with E-state index in [-0.39, 0.29) is 68.7 Å². The summed E-state index contributed by atoms with van der Waals surface area (Å²) in [5, 5.41) is 0. The number of hydrogen-bond donors (Lipinski definition) is 0. The molecule has 0 unspecified atom stereocenters. The number of aromatic nitrogens is 2. The summed E-state index contributed by atoms with van der Waals surface area (Å²) in [7, 11) is 0. The van der Waals surface area contributed by atoms with Crippen LogP contribution < -0.4 is 0 Å². The van der Waals surface area contributed by atoms with Gasteiger partial charge in [-0.25, -0.2) is 0 Å². The Kier molecular flexibility index (Phi) is 4.66. The molecular weight excluding hydrogens is 508 g/mol. The van der Waals surface area contributed by atoms with Crippen LogP contribution >= 0.6 is 0 Å². The van der Waals surface area contributed by atoms with E-state index in [9.17, 15) is 0 Å². The van der Waals surface area contributed by atoms with Crippen LogP contribution in [0.4, 0.5) is 0 Å². The first kappa shape index (κ1) is 12.0. The standard InChI is InChI=1S/2C12H11N.Ir/c2*1-10-4-2-5-11(8-10)12-6-3-7-13-9-12;/h2*2-9H,1H3;/q;;+3/i2*2D,4D,5D,9D;. The van der Waals surface area contributed by atoms with Crippen molar-refractivity contribution in [2.24, 2.45) is 0 Å². The molecule has 0 saturated heterocycles. The molecule has 0 amide bonds. The smallest absolute Gasteiger partial charge is 0.264 e. The SMILES string of the molecule is [2H]c1ncccc1-c1cc(C)c([2H])c([2H])c1[2H].[2H]c1ncccc1-c1cc(C)c([2H])c([2H])c1[2H].[Ir+3]. The molecule has 0 aliphatic carbocycles. The minimum absolute atomic E-state index is 0. The third-order valence-corrected chi connectivity index (χ3v) is 3.43. The average Bonchev–Trinajstić information content (AvgIpc) is 2.82. The van der Waals surface area contributed by atoms with Crippen LogP contribution in [-0.2, 0) is 20.1 Å². The predicted molar refractivity (Wildman–Crippen MR) is 109 cm³/mol. The van der Waals surface area contributed by atoms with Crippen molar-refractivity contribution in [2.75, 3.05) is 0 Å². The summed E-state index contributed by atoms with van der Waals surface area (Å²) >= 11 is 0. The first-order chi connectivity index (χ1) is 16.0. The van der Waals surface area contributed by atoms with Gasteiger partial charge in [0.05, 0.1) is 11.0 Å². The van der Waals surface area contributed by atoms with Gasteiger partial charge in [0.1, 0.15) is 0 Å². The maximum absolute atomic E-state index is 7.85.